The van der Waals surface area contributed by atoms with Gasteiger partial charge in [0.2, 0.25) is 0 Å². The van der Waals surface area contributed by atoms with E-state index < -0.39 is 0 Å². The number of rotatable bonds is 4. The van der Waals surface area contributed by atoms with Crippen molar-refractivity contribution in [2.24, 2.45) is 5.73 Å². The van der Waals surface area contributed by atoms with Crippen molar-refractivity contribution in [1.82, 2.24) is 9.55 Å². The van der Waals surface area contributed by atoms with Crippen molar-refractivity contribution in [3.8, 4) is 0 Å². The Kier molecular flexibility index (Phi) is 3.78. The van der Waals surface area contributed by atoms with Gasteiger partial charge in [-0.2, -0.15) is 0 Å². The molecule has 0 aliphatic rings. The maximum absolute atomic E-state index is 5.79. The molecule has 0 spiro atoms. The molecule has 3 nitrogen and oxygen atoms in total. The zero-order valence-electron chi connectivity index (χ0n) is 9.06. The standard InChI is InChI=1S/C11H14BrN3S/c1-8(13)4-11-14-2-3-15(11)6-10-5-9(12)7-16-10/h2-3,5,7-8H,4,6,13H2,1H3. The normalized spacial score (nSPS) is 12.9. The Labute approximate surface area is 107 Å². The Balaban J connectivity index is 2.12. The molecule has 0 amide bonds. The molecular weight excluding hydrogens is 286 g/mol. The van der Waals surface area contributed by atoms with Gasteiger partial charge < -0.3 is 10.3 Å². The van der Waals surface area contributed by atoms with Gasteiger partial charge in [-0.25, -0.2) is 4.98 Å². The molecule has 2 heterocycles. The number of halogens is 1. The van der Waals surface area contributed by atoms with Crippen LogP contribution in [-0.4, -0.2) is 15.6 Å². The van der Waals surface area contributed by atoms with Gasteiger partial charge in [-0.05, 0) is 28.9 Å². The summed E-state index contributed by atoms with van der Waals surface area (Å²) in [5, 5.41) is 2.09. The summed E-state index contributed by atoms with van der Waals surface area (Å²) in [7, 11) is 0. The Morgan fingerprint density at radius 1 is 1.62 bits per heavy atom. The lowest BCUT2D eigenvalue weighted by molar-refractivity contribution is 0.651. The molecule has 1 unspecified atom stereocenters. The van der Waals surface area contributed by atoms with Crippen molar-refractivity contribution >= 4 is 27.3 Å². The number of aromatic nitrogens is 2. The van der Waals surface area contributed by atoms with Gasteiger partial charge in [-0.3, -0.25) is 0 Å². The van der Waals surface area contributed by atoms with Gasteiger partial charge in [0.15, 0.2) is 0 Å². The van der Waals surface area contributed by atoms with Crippen molar-refractivity contribution in [3.05, 3.63) is 39.0 Å². The molecule has 0 fully saturated rings. The summed E-state index contributed by atoms with van der Waals surface area (Å²) in [6, 6.07) is 2.29. The third-order valence-electron chi connectivity index (χ3n) is 2.25. The van der Waals surface area contributed by atoms with Gasteiger partial charge in [0, 0.05) is 39.6 Å². The second-order valence-corrected chi connectivity index (χ2v) is 5.80. The minimum atomic E-state index is 0.149. The molecule has 0 aliphatic heterocycles. The Bertz CT molecular complexity index is 461. The van der Waals surface area contributed by atoms with Gasteiger partial charge in [-0.1, -0.05) is 0 Å². The Morgan fingerprint density at radius 2 is 2.44 bits per heavy atom. The number of nitrogens with two attached hydrogens (primary N) is 1. The predicted octanol–water partition coefficient (Wildman–Crippen LogP) is 2.65. The number of thiophene rings is 1. The highest BCUT2D eigenvalue weighted by atomic mass is 79.9. The molecule has 86 valence electrons. The lowest BCUT2D eigenvalue weighted by Gasteiger charge is -2.08. The van der Waals surface area contributed by atoms with E-state index in [4.69, 9.17) is 5.73 Å². The van der Waals surface area contributed by atoms with Crippen LogP contribution in [0.1, 0.15) is 17.6 Å². The average Bonchev–Trinajstić information content (AvgIpc) is 2.77. The number of imidazole rings is 1. The zero-order valence-corrected chi connectivity index (χ0v) is 11.5. The highest BCUT2D eigenvalue weighted by Gasteiger charge is 2.07. The van der Waals surface area contributed by atoms with Crippen LogP contribution in [0.4, 0.5) is 0 Å². The second kappa shape index (κ2) is 5.12. The van der Waals surface area contributed by atoms with Crippen LogP contribution in [0, 0.1) is 0 Å². The van der Waals surface area contributed by atoms with Crippen LogP contribution in [0.5, 0.6) is 0 Å². The lowest BCUT2D eigenvalue weighted by atomic mass is 10.2. The van der Waals surface area contributed by atoms with Gasteiger partial charge >= 0.3 is 0 Å². The largest absolute Gasteiger partial charge is 0.330 e. The van der Waals surface area contributed by atoms with Gasteiger partial charge in [0.1, 0.15) is 5.82 Å². The molecule has 0 radical (unpaired) electrons. The second-order valence-electron chi connectivity index (χ2n) is 3.88. The topological polar surface area (TPSA) is 43.8 Å². The van der Waals surface area contributed by atoms with Crippen LogP contribution in [0.3, 0.4) is 0 Å². The fourth-order valence-electron chi connectivity index (χ4n) is 1.57. The van der Waals surface area contributed by atoms with E-state index in [2.05, 4.69) is 36.9 Å². The summed E-state index contributed by atoms with van der Waals surface area (Å²) < 4.78 is 3.29. The first-order chi connectivity index (χ1) is 7.65. The monoisotopic (exact) mass is 299 g/mol. The number of hydrogen-bond acceptors (Lipinski definition) is 3. The molecular formula is C11H14BrN3S. The van der Waals surface area contributed by atoms with Crippen LogP contribution in [0.25, 0.3) is 0 Å². The van der Waals surface area contributed by atoms with E-state index in [9.17, 15) is 0 Å². The third-order valence-corrected chi connectivity index (χ3v) is 3.94. The van der Waals surface area contributed by atoms with Crippen molar-refractivity contribution in [2.45, 2.75) is 25.9 Å². The third kappa shape index (κ3) is 2.93. The summed E-state index contributed by atoms with van der Waals surface area (Å²) in [6.07, 6.45) is 4.66. The summed E-state index contributed by atoms with van der Waals surface area (Å²) >= 11 is 5.21. The SMILES string of the molecule is CC(N)Cc1nccn1Cc1cc(Br)cs1. The summed E-state index contributed by atoms with van der Waals surface area (Å²) in [4.78, 5) is 5.65. The van der Waals surface area contributed by atoms with E-state index in [1.54, 1.807) is 11.3 Å². The Hall–Kier alpha value is -0.650. The molecule has 0 bridgehead atoms. The van der Waals surface area contributed by atoms with Gasteiger partial charge in [-0.15, -0.1) is 11.3 Å². The molecule has 0 aromatic carbocycles. The molecule has 0 aliphatic carbocycles. The molecule has 0 saturated heterocycles. The van der Waals surface area contributed by atoms with E-state index in [1.165, 1.54) is 4.88 Å². The van der Waals surface area contributed by atoms with Gasteiger partial charge in [0.05, 0.1) is 6.54 Å². The van der Waals surface area contributed by atoms with Crippen LogP contribution < -0.4 is 5.73 Å². The number of nitrogens with zero attached hydrogens (tertiary/aromatic N) is 2. The molecule has 0 saturated carbocycles. The smallest absolute Gasteiger partial charge is 0.110 e. The first-order valence-electron chi connectivity index (χ1n) is 5.13. The van der Waals surface area contributed by atoms with Crippen LogP contribution in [0.2, 0.25) is 0 Å². The molecule has 16 heavy (non-hydrogen) atoms. The van der Waals surface area contributed by atoms with Crippen molar-refractivity contribution in [3.63, 3.8) is 0 Å². The maximum atomic E-state index is 5.79. The predicted molar refractivity (Wildman–Crippen MR) is 70.7 cm³/mol. The van der Waals surface area contributed by atoms with Crippen molar-refractivity contribution in [1.29, 1.82) is 0 Å². The highest BCUT2D eigenvalue weighted by molar-refractivity contribution is 9.10. The summed E-state index contributed by atoms with van der Waals surface area (Å²) in [6.45, 7) is 2.87. The van der Waals surface area contributed by atoms with Crippen LogP contribution >= 0.6 is 27.3 Å². The lowest BCUT2D eigenvalue weighted by Crippen LogP contribution is -2.20. The first kappa shape index (κ1) is 11.8. The van der Waals surface area contributed by atoms with E-state index >= 15 is 0 Å². The van der Waals surface area contributed by atoms with E-state index in [0.717, 1.165) is 23.3 Å². The van der Waals surface area contributed by atoms with Crippen LogP contribution in [0.15, 0.2) is 28.3 Å². The molecule has 2 aromatic heterocycles. The quantitative estimate of drug-likeness (QED) is 0.943. The molecule has 2 N–H and O–H groups in total. The summed E-state index contributed by atoms with van der Waals surface area (Å²) in [5.74, 6) is 1.06. The Morgan fingerprint density at radius 3 is 3.06 bits per heavy atom. The van der Waals surface area contributed by atoms with E-state index in [-0.39, 0.29) is 6.04 Å². The average molecular weight is 300 g/mol. The minimum absolute atomic E-state index is 0.149. The molecule has 5 heteroatoms. The summed E-state index contributed by atoms with van der Waals surface area (Å²) in [5.41, 5.74) is 5.79. The minimum Gasteiger partial charge on any atom is -0.330 e. The van der Waals surface area contributed by atoms with Crippen molar-refractivity contribution in [2.75, 3.05) is 0 Å². The molecule has 1 atom stereocenters. The highest BCUT2D eigenvalue weighted by Crippen LogP contribution is 2.21. The van der Waals surface area contributed by atoms with Crippen LogP contribution in [-0.2, 0) is 13.0 Å². The zero-order chi connectivity index (χ0) is 11.5. The van der Waals surface area contributed by atoms with E-state index in [0.29, 0.717) is 0 Å². The molecule has 2 rings (SSSR count). The van der Waals surface area contributed by atoms with Gasteiger partial charge in [0.25, 0.3) is 0 Å². The molecule has 2 aromatic rings. The fourth-order valence-corrected chi connectivity index (χ4v) is 3.02. The maximum Gasteiger partial charge on any atom is 0.110 e. The van der Waals surface area contributed by atoms with E-state index in [1.807, 2.05) is 19.3 Å². The first-order valence-corrected chi connectivity index (χ1v) is 6.81. The fraction of sp³-hybridized carbons (Fsp3) is 0.364. The number of hydrogen-bond donors (Lipinski definition) is 1. The van der Waals surface area contributed by atoms with Crippen molar-refractivity contribution < 1.29 is 0 Å².